The summed E-state index contributed by atoms with van der Waals surface area (Å²) in [6, 6.07) is 11.6. The number of anilines is 2. The molecule has 7 heteroatoms. The van der Waals surface area contributed by atoms with Crippen LogP contribution in [-0.4, -0.2) is 0 Å². The highest BCUT2D eigenvalue weighted by Crippen LogP contribution is 2.36. The zero-order chi connectivity index (χ0) is 17.0. The van der Waals surface area contributed by atoms with Crippen LogP contribution in [0.3, 0.4) is 0 Å². The maximum Gasteiger partial charge on any atom is 0.417 e. The summed E-state index contributed by atoms with van der Waals surface area (Å²) in [4.78, 5) is 0.608. The maximum absolute atomic E-state index is 13.0. The van der Waals surface area contributed by atoms with Gasteiger partial charge in [0.1, 0.15) is 6.07 Å². The second kappa shape index (κ2) is 6.67. The summed E-state index contributed by atoms with van der Waals surface area (Å²) in [5, 5.41) is 10.6. The first-order chi connectivity index (χ1) is 10.8. The van der Waals surface area contributed by atoms with Crippen LogP contribution in [0.15, 0.2) is 52.8 Å². The van der Waals surface area contributed by atoms with Crippen molar-refractivity contribution < 1.29 is 13.2 Å². The third-order valence-corrected chi connectivity index (χ3v) is 3.96. The molecule has 0 unspecified atom stereocenters. The van der Waals surface area contributed by atoms with Crippen molar-refractivity contribution in [2.45, 2.75) is 11.1 Å². The molecule has 0 amide bonds. The van der Waals surface area contributed by atoms with Gasteiger partial charge in [0.2, 0.25) is 0 Å². The second-order valence-electron chi connectivity index (χ2n) is 4.60. The fraction of sp³-hybridized carbons (Fsp3) is 0.0625. The molecule has 4 N–H and O–H groups in total. The number of alkyl halides is 3. The number of nitriles is 1. The van der Waals surface area contributed by atoms with E-state index in [-0.39, 0.29) is 11.1 Å². The highest BCUT2D eigenvalue weighted by Gasteiger charge is 2.33. The Labute approximate surface area is 135 Å². The Bertz CT molecular complexity index is 792. The molecule has 0 aromatic heterocycles. The predicted octanol–water partition coefficient (Wildman–Crippen LogP) is 4.53. The van der Waals surface area contributed by atoms with Gasteiger partial charge in [0, 0.05) is 21.8 Å². The maximum atomic E-state index is 13.0. The Morgan fingerprint density at radius 3 is 2.43 bits per heavy atom. The number of thioether (sulfide) groups is 1. The van der Waals surface area contributed by atoms with E-state index in [1.165, 1.54) is 23.6 Å². The number of nitrogens with two attached hydrogens (primary N) is 2. The van der Waals surface area contributed by atoms with Gasteiger partial charge in [0.15, 0.2) is 0 Å². The van der Waals surface area contributed by atoms with Gasteiger partial charge in [0.25, 0.3) is 0 Å². The van der Waals surface area contributed by atoms with Crippen LogP contribution in [0.4, 0.5) is 24.5 Å². The predicted molar refractivity (Wildman–Crippen MR) is 86.2 cm³/mol. The van der Waals surface area contributed by atoms with Crippen molar-refractivity contribution >= 4 is 28.7 Å². The summed E-state index contributed by atoms with van der Waals surface area (Å²) < 4.78 is 39.1. The normalized spacial score (nSPS) is 12.0. The fourth-order valence-electron chi connectivity index (χ4n) is 1.91. The minimum Gasteiger partial charge on any atom is -0.399 e. The third-order valence-electron chi connectivity index (χ3n) is 2.98. The lowest BCUT2D eigenvalue weighted by molar-refractivity contribution is -0.137. The Balaban J connectivity index is 2.39. The van der Waals surface area contributed by atoms with Crippen molar-refractivity contribution in [3.63, 3.8) is 0 Å². The SMILES string of the molecule is N#CC(=CSc1ccc(N)cc1N)c1ccccc1C(F)(F)F. The Morgan fingerprint density at radius 1 is 1.13 bits per heavy atom. The highest BCUT2D eigenvalue weighted by molar-refractivity contribution is 8.02. The molecule has 0 spiro atoms. The first-order valence-corrected chi connectivity index (χ1v) is 7.29. The Kier molecular flexibility index (Phi) is 4.86. The lowest BCUT2D eigenvalue weighted by atomic mass is 10.0. The first kappa shape index (κ1) is 16.8. The highest BCUT2D eigenvalue weighted by atomic mass is 32.2. The summed E-state index contributed by atoms with van der Waals surface area (Å²) in [5.74, 6) is 0. The minimum atomic E-state index is -4.53. The van der Waals surface area contributed by atoms with E-state index in [4.69, 9.17) is 11.5 Å². The average molecular weight is 335 g/mol. The van der Waals surface area contributed by atoms with Gasteiger partial charge in [-0.2, -0.15) is 18.4 Å². The molecule has 0 aliphatic rings. The van der Waals surface area contributed by atoms with Crippen molar-refractivity contribution in [3.8, 4) is 6.07 Å². The van der Waals surface area contributed by atoms with Crippen LogP contribution in [0.5, 0.6) is 0 Å². The van der Waals surface area contributed by atoms with Crippen molar-refractivity contribution in [1.82, 2.24) is 0 Å². The molecule has 0 atom stereocenters. The van der Waals surface area contributed by atoms with Gasteiger partial charge in [-0.1, -0.05) is 30.0 Å². The lowest BCUT2D eigenvalue weighted by Gasteiger charge is -2.11. The van der Waals surface area contributed by atoms with Gasteiger partial charge < -0.3 is 11.5 Å². The smallest absolute Gasteiger partial charge is 0.399 e. The molecule has 0 bridgehead atoms. The van der Waals surface area contributed by atoms with Gasteiger partial charge in [-0.3, -0.25) is 0 Å². The summed E-state index contributed by atoms with van der Waals surface area (Å²) >= 11 is 1.07. The average Bonchev–Trinajstić information content (AvgIpc) is 2.49. The summed E-state index contributed by atoms with van der Waals surface area (Å²) in [6.45, 7) is 0. The molecule has 0 aliphatic carbocycles. The number of benzene rings is 2. The van der Waals surface area contributed by atoms with E-state index >= 15 is 0 Å². The van der Waals surface area contributed by atoms with Crippen molar-refractivity contribution in [1.29, 1.82) is 5.26 Å². The van der Waals surface area contributed by atoms with Crippen molar-refractivity contribution in [2.75, 3.05) is 11.5 Å². The van der Waals surface area contributed by atoms with E-state index in [2.05, 4.69) is 0 Å². The van der Waals surface area contributed by atoms with E-state index in [0.29, 0.717) is 16.3 Å². The molecular formula is C16H12F3N3S. The molecule has 0 saturated heterocycles. The summed E-state index contributed by atoms with van der Waals surface area (Å²) in [7, 11) is 0. The van der Waals surface area contributed by atoms with Crippen LogP contribution in [0.1, 0.15) is 11.1 Å². The summed E-state index contributed by atoms with van der Waals surface area (Å²) in [5.41, 5.74) is 11.2. The van der Waals surface area contributed by atoms with Gasteiger partial charge >= 0.3 is 6.18 Å². The number of nitrogens with zero attached hydrogens (tertiary/aromatic N) is 1. The van der Waals surface area contributed by atoms with Gasteiger partial charge in [0.05, 0.1) is 11.1 Å². The molecular weight excluding hydrogens is 323 g/mol. The molecule has 2 aromatic rings. The third kappa shape index (κ3) is 3.99. The summed E-state index contributed by atoms with van der Waals surface area (Å²) in [6.07, 6.45) is -4.53. The van der Waals surface area contributed by atoms with E-state index < -0.39 is 11.7 Å². The second-order valence-corrected chi connectivity index (χ2v) is 5.51. The molecule has 2 rings (SSSR count). The monoisotopic (exact) mass is 335 g/mol. The lowest BCUT2D eigenvalue weighted by Crippen LogP contribution is -2.08. The molecule has 0 heterocycles. The topological polar surface area (TPSA) is 75.8 Å². The van der Waals surface area contributed by atoms with E-state index in [1.807, 2.05) is 0 Å². The Morgan fingerprint density at radius 2 is 1.83 bits per heavy atom. The van der Waals surface area contributed by atoms with E-state index in [9.17, 15) is 18.4 Å². The first-order valence-electron chi connectivity index (χ1n) is 6.41. The van der Waals surface area contributed by atoms with E-state index in [0.717, 1.165) is 17.8 Å². The number of nitrogen functional groups attached to an aromatic ring is 2. The number of rotatable bonds is 3. The largest absolute Gasteiger partial charge is 0.417 e. The van der Waals surface area contributed by atoms with Crippen LogP contribution in [0, 0.1) is 11.3 Å². The van der Waals surface area contributed by atoms with Gasteiger partial charge in [-0.05, 0) is 29.7 Å². The molecule has 0 saturated carbocycles. The molecule has 0 aliphatic heterocycles. The molecule has 118 valence electrons. The van der Waals surface area contributed by atoms with Crippen LogP contribution in [0.2, 0.25) is 0 Å². The molecule has 2 aromatic carbocycles. The number of hydrogen-bond donors (Lipinski definition) is 2. The van der Waals surface area contributed by atoms with Crippen LogP contribution in [-0.2, 0) is 6.18 Å². The molecule has 23 heavy (non-hydrogen) atoms. The molecule has 0 fully saturated rings. The minimum absolute atomic E-state index is 0.0841. The van der Waals surface area contributed by atoms with E-state index in [1.54, 1.807) is 24.3 Å². The van der Waals surface area contributed by atoms with Crippen LogP contribution < -0.4 is 11.5 Å². The van der Waals surface area contributed by atoms with Crippen molar-refractivity contribution in [3.05, 3.63) is 59.0 Å². The number of allylic oxidation sites excluding steroid dienone is 1. The van der Waals surface area contributed by atoms with Crippen molar-refractivity contribution in [2.24, 2.45) is 0 Å². The Hall–Kier alpha value is -2.59. The number of hydrogen-bond acceptors (Lipinski definition) is 4. The standard InChI is InChI=1S/C16H12F3N3S/c17-16(18,19)13-4-2-1-3-12(13)10(8-20)9-23-15-6-5-11(21)7-14(15)22/h1-7,9H,21-22H2. The zero-order valence-electron chi connectivity index (χ0n) is 11.8. The van der Waals surface area contributed by atoms with Gasteiger partial charge in [-0.15, -0.1) is 0 Å². The van der Waals surface area contributed by atoms with Crippen LogP contribution >= 0.6 is 11.8 Å². The van der Waals surface area contributed by atoms with Gasteiger partial charge in [-0.25, -0.2) is 0 Å². The fourth-order valence-corrected chi connectivity index (χ4v) is 2.68. The molecule has 0 radical (unpaired) electrons. The molecule has 3 nitrogen and oxygen atoms in total. The quantitative estimate of drug-likeness (QED) is 0.491. The van der Waals surface area contributed by atoms with Crippen LogP contribution in [0.25, 0.3) is 5.57 Å². The zero-order valence-corrected chi connectivity index (χ0v) is 12.6. The number of halogens is 3.